The topological polar surface area (TPSA) is 90.2 Å². The predicted molar refractivity (Wildman–Crippen MR) is 91.6 cm³/mol. The number of nitrogens with one attached hydrogen (secondary N) is 1. The zero-order valence-electron chi connectivity index (χ0n) is 12.5. The third-order valence-corrected chi connectivity index (χ3v) is 3.66. The number of anilines is 1. The Morgan fingerprint density at radius 1 is 1.21 bits per heavy atom. The summed E-state index contributed by atoms with van der Waals surface area (Å²) in [5, 5.41) is 16.0. The molecule has 8 heteroatoms. The molecule has 0 aliphatic rings. The molecule has 0 radical (unpaired) electrons. The number of hydrogen-bond acceptors (Lipinski definition) is 6. The molecule has 0 atom stereocenters. The zero-order chi connectivity index (χ0) is 16.9. The van der Waals surface area contributed by atoms with Crippen molar-refractivity contribution in [2.75, 3.05) is 18.5 Å². The summed E-state index contributed by atoms with van der Waals surface area (Å²) in [6.45, 7) is 0.836. The summed E-state index contributed by atoms with van der Waals surface area (Å²) in [7, 11) is 0. The van der Waals surface area contributed by atoms with Gasteiger partial charge in [-0.3, -0.25) is 15.1 Å². The first-order valence-corrected chi connectivity index (χ1v) is 7.53. The summed E-state index contributed by atoms with van der Waals surface area (Å²) in [4.78, 5) is 18.7. The Kier molecular flexibility index (Phi) is 4.72. The fourth-order valence-electron chi connectivity index (χ4n) is 2.30. The highest BCUT2D eigenvalue weighted by Crippen LogP contribution is 2.30. The van der Waals surface area contributed by atoms with Crippen LogP contribution in [0.1, 0.15) is 0 Å². The quantitative estimate of drug-likeness (QED) is 0.416. The molecule has 0 bridgehead atoms. The highest BCUT2D eigenvalue weighted by molar-refractivity contribution is 6.31. The van der Waals surface area contributed by atoms with Crippen LogP contribution < -0.4 is 10.1 Å². The molecule has 1 N–H and O–H groups in total. The van der Waals surface area contributed by atoms with Gasteiger partial charge in [-0.05, 0) is 24.3 Å². The molecule has 2 heterocycles. The minimum atomic E-state index is -0.417. The molecule has 0 aliphatic heterocycles. The lowest BCUT2D eigenvalue weighted by atomic mass is 10.1. The van der Waals surface area contributed by atoms with Gasteiger partial charge in [-0.1, -0.05) is 11.6 Å². The molecule has 7 nitrogen and oxygen atoms in total. The molecule has 0 saturated heterocycles. The van der Waals surface area contributed by atoms with E-state index in [9.17, 15) is 10.1 Å². The second-order valence-electron chi connectivity index (χ2n) is 4.88. The van der Waals surface area contributed by atoms with Crippen LogP contribution in [0.5, 0.6) is 5.88 Å². The van der Waals surface area contributed by atoms with Gasteiger partial charge in [0.05, 0.1) is 10.3 Å². The molecule has 3 rings (SSSR count). The summed E-state index contributed by atoms with van der Waals surface area (Å²) < 4.78 is 5.51. The number of halogens is 1. The second kappa shape index (κ2) is 7.10. The molecule has 0 unspecified atom stereocenters. The Hall–Kier alpha value is -2.93. The van der Waals surface area contributed by atoms with Gasteiger partial charge in [-0.25, -0.2) is 4.98 Å². The summed E-state index contributed by atoms with van der Waals surface area (Å²) in [5.74, 6) is 0.374. The van der Waals surface area contributed by atoms with Crippen molar-refractivity contribution >= 4 is 33.7 Å². The van der Waals surface area contributed by atoms with Crippen molar-refractivity contribution < 1.29 is 9.66 Å². The predicted octanol–water partition coefficient (Wildman–Crippen LogP) is 3.68. The van der Waals surface area contributed by atoms with E-state index in [2.05, 4.69) is 15.3 Å². The summed E-state index contributed by atoms with van der Waals surface area (Å²) in [6.07, 6.45) is 4.69. The van der Waals surface area contributed by atoms with Crippen LogP contribution in [0.4, 0.5) is 11.4 Å². The SMILES string of the molecule is O=[N+]([O-])c1ccc(NCCOc2ncccc2Cl)c2ccncc12. The van der Waals surface area contributed by atoms with Gasteiger partial charge < -0.3 is 10.1 Å². The van der Waals surface area contributed by atoms with Crippen LogP contribution in [-0.4, -0.2) is 28.0 Å². The van der Waals surface area contributed by atoms with E-state index in [4.69, 9.17) is 16.3 Å². The van der Waals surface area contributed by atoms with Crippen molar-refractivity contribution in [3.05, 3.63) is 64.1 Å². The Labute approximate surface area is 142 Å². The van der Waals surface area contributed by atoms with Gasteiger partial charge in [0.15, 0.2) is 0 Å². The first kappa shape index (κ1) is 15.9. The zero-order valence-corrected chi connectivity index (χ0v) is 13.2. The highest BCUT2D eigenvalue weighted by Gasteiger charge is 2.14. The van der Waals surface area contributed by atoms with E-state index in [0.29, 0.717) is 29.4 Å². The normalized spacial score (nSPS) is 10.5. The van der Waals surface area contributed by atoms with E-state index in [0.717, 1.165) is 11.1 Å². The largest absolute Gasteiger partial charge is 0.475 e. The van der Waals surface area contributed by atoms with Gasteiger partial charge in [-0.15, -0.1) is 0 Å². The van der Waals surface area contributed by atoms with Gasteiger partial charge in [0, 0.05) is 42.3 Å². The Morgan fingerprint density at radius 3 is 2.88 bits per heavy atom. The molecular weight excluding hydrogens is 332 g/mol. The van der Waals surface area contributed by atoms with Crippen LogP contribution in [0.15, 0.2) is 48.9 Å². The number of hydrogen-bond donors (Lipinski definition) is 1. The maximum Gasteiger partial charge on any atom is 0.278 e. The summed E-state index contributed by atoms with van der Waals surface area (Å²) in [6, 6.07) is 8.30. The lowest BCUT2D eigenvalue weighted by Gasteiger charge is -2.11. The second-order valence-corrected chi connectivity index (χ2v) is 5.28. The monoisotopic (exact) mass is 344 g/mol. The number of fused-ring (bicyclic) bond motifs is 1. The van der Waals surface area contributed by atoms with E-state index in [1.807, 2.05) is 0 Å². The Morgan fingerprint density at radius 2 is 2.08 bits per heavy atom. The molecule has 24 heavy (non-hydrogen) atoms. The van der Waals surface area contributed by atoms with Crippen LogP contribution in [-0.2, 0) is 0 Å². The maximum atomic E-state index is 11.1. The molecule has 1 aromatic carbocycles. The fraction of sp³-hybridized carbons (Fsp3) is 0.125. The molecule has 0 spiro atoms. The standard InChI is InChI=1S/C16H13ClN4O3/c17-13-2-1-6-20-16(13)24-9-8-19-14-3-4-15(21(22)23)12-10-18-7-5-11(12)14/h1-7,10,19H,8-9H2. The first-order valence-electron chi connectivity index (χ1n) is 7.15. The highest BCUT2D eigenvalue weighted by atomic mass is 35.5. The van der Waals surface area contributed by atoms with Crippen LogP contribution >= 0.6 is 11.6 Å². The van der Waals surface area contributed by atoms with Gasteiger partial charge in [-0.2, -0.15) is 0 Å². The Balaban J connectivity index is 1.71. The molecular formula is C16H13ClN4O3. The molecule has 122 valence electrons. The maximum absolute atomic E-state index is 11.1. The average Bonchev–Trinajstić information content (AvgIpc) is 2.59. The van der Waals surface area contributed by atoms with Crippen molar-refractivity contribution in [3.8, 4) is 5.88 Å². The van der Waals surface area contributed by atoms with E-state index >= 15 is 0 Å². The van der Waals surface area contributed by atoms with Gasteiger partial charge in [0.2, 0.25) is 5.88 Å². The summed E-state index contributed by atoms with van der Waals surface area (Å²) in [5.41, 5.74) is 0.800. The van der Waals surface area contributed by atoms with Crippen LogP contribution in [0, 0.1) is 10.1 Å². The van der Waals surface area contributed by atoms with Crippen LogP contribution in [0.2, 0.25) is 5.02 Å². The van der Waals surface area contributed by atoms with Gasteiger partial charge >= 0.3 is 0 Å². The average molecular weight is 345 g/mol. The number of pyridine rings is 2. The van der Waals surface area contributed by atoms with Crippen molar-refractivity contribution in [1.29, 1.82) is 0 Å². The third-order valence-electron chi connectivity index (χ3n) is 3.37. The van der Waals surface area contributed by atoms with E-state index in [-0.39, 0.29) is 5.69 Å². The molecule has 0 amide bonds. The lowest BCUT2D eigenvalue weighted by molar-refractivity contribution is -0.383. The molecule has 3 aromatic rings. The van der Waals surface area contributed by atoms with E-state index in [1.165, 1.54) is 12.3 Å². The van der Waals surface area contributed by atoms with Crippen molar-refractivity contribution in [2.45, 2.75) is 0 Å². The molecule has 2 aromatic heterocycles. The van der Waals surface area contributed by atoms with E-state index < -0.39 is 4.92 Å². The number of aromatic nitrogens is 2. The lowest BCUT2D eigenvalue weighted by Crippen LogP contribution is -2.12. The number of nitro benzene ring substituents is 1. The van der Waals surface area contributed by atoms with Crippen LogP contribution in [0.3, 0.4) is 0 Å². The minimum absolute atomic E-state index is 0.0279. The van der Waals surface area contributed by atoms with Gasteiger partial charge in [0.1, 0.15) is 11.6 Å². The Bertz CT molecular complexity index is 888. The third kappa shape index (κ3) is 3.36. The smallest absolute Gasteiger partial charge is 0.278 e. The molecule has 0 saturated carbocycles. The minimum Gasteiger partial charge on any atom is -0.475 e. The van der Waals surface area contributed by atoms with Crippen LogP contribution in [0.25, 0.3) is 10.8 Å². The number of rotatable bonds is 6. The van der Waals surface area contributed by atoms with E-state index in [1.54, 1.807) is 36.7 Å². The van der Waals surface area contributed by atoms with Crippen molar-refractivity contribution in [2.24, 2.45) is 0 Å². The number of nitrogens with zero attached hydrogens (tertiary/aromatic N) is 3. The molecule has 0 aliphatic carbocycles. The van der Waals surface area contributed by atoms with Crippen molar-refractivity contribution in [1.82, 2.24) is 9.97 Å². The fourth-order valence-corrected chi connectivity index (χ4v) is 2.48. The number of nitro groups is 1. The number of non-ortho nitro benzene ring substituents is 1. The number of ether oxygens (including phenoxy) is 1. The summed E-state index contributed by atoms with van der Waals surface area (Å²) >= 11 is 5.97. The first-order chi connectivity index (χ1) is 11.7. The number of benzene rings is 1. The van der Waals surface area contributed by atoms with Crippen molar-refractivity contribution in [3.63, 3.8) is 0 Å². The molecule has 0 fully saturated rings. The van der Waals surface area contributed by atoms with Gasteiger partial charge in [0.25, 0.3) is 5.69 Å².